The van der Waals surface area contributed by atoms with Crippen molar-refractivity contribution in [1.29, 1.82) is 0 Å². The maximum absolute atomic E-state index is 13.3. The van der Waals surface area contributed by atoms with Gasteiger partial charge in [-0.2, -0.15) is 0 Å². The second-order valence-corrected chi connectivity index (χ2v) is 7.07. The summed E-state index contributed by atoms with van der Waals surface area (Å²) in [5.74, 6) is 1.61. The molecular weight excluding hydrogens is 374 g/mol. The predicted molar refractivity (Wildman–Crippen MR) is 110 cm³/mol. The number of quaternary nitrogens is 1. The number of fused-ring (bicyclic) bond motifs is 1. The maximum atomic E-state index is 13.3. The van der Waals surface area contributed by atoms with Crippen LogP contribution in [0.15, 0.2) is 76.1 Å². The zero-order chi connectivity index (χ0) is 19.5. The van der Waals surface area contributed by atoms with Gasteiger partial charge in [-0.25, -0.2) is 4.98 Å². The molecule has 5 nitrogen and oxygen atoms in total. The smallest absolute Gasteiger partial charge is 0.266 e. The van der Waals surface area contributed by atoms with E-state index in [2.05, 4.69) is 12.2 Å². The Balaban J connectivity index is 1.85. The Bertz CT molecular complexity index is 1130. The summed E-state index contributed by atoms with van der Waals surface area (Å²) < 4.78 is 7.15. The average molecular weight is 395 g/mol. The van der Waals surface area contributed by atoms with Gasteiger partial charge >= 0.3 is 0 Å². The third-order valence-electron chi connectivity index (χ3n) is 4.84. The summed E-state index contributed by atoms with van der Waals surface area (Å²) in [4.78, 5) is 18.2. The molecular formula is C22H21ClN3O2+. The molecule has 0 bridgehead atoms. The van der Waals surface area contributed by atoms with Crippen molar-refractivity contribution in [3.05, 3.63) is 93.9 Å². The molecule has 0 fully saturated rings. The third-order valence-corrected chi connectivity index (χ3v) is 5.09. The van der Waals surface area contributed by atoms with E-state index in [1.165, 1.54) is 0 Å². The fraction of sp³-hybridized carbons (Fsp3) is 0.182. The molecule has 0 spiro atoms. The number of hydrogen-bond acceptors (Lipinski definition) is 3. The number of aromatic nitrogens is 2. The van der Waals surface area contributed by atoms with Gasteiger partial charge < -0.3 is 9.73 Å². The quantitative estimate of drug-likeness (QED) is 0.540. The summed E-state index contributed by atoms with van der Waals surface area (Å²) in [6, 6.07) is 18.6. The molecule has 0 aliphatic heterocycles. The van der Waals surface area contributed by atoms with Crippen molar-refractivity contribution in [2.24, 2.45) is 0 Å². The van der Waals surface area contributed by atoms with Gasteiger partial charge in [-0.05, 0) is 48.5 Å². The van der Waals surface area contributed by atoms with Crippen molar-refractivity contribution >= 4 is 22.5 Å². The highest BCUT2D eigenvalue weighted by Gasteiger charge is 2.22. The van der Waals surface area contributed by atoms with Gasteiger partial charge in [-0.15, -0.1) is 0 Å². The van der Waals surface area contributed by atoms with Crippen molar-refractivity contribution in [3.63, 3.8) is 0 Å². The van der Waals surface area contributed by atoms with Gasteiger partial charge in [0.25, 0.3) is 5.56 Å². The van der Waals surface area contributed by atoms with E-state index in [0.717, 1.165) is 23.7 Å². The average Bonchev–Trinajstić information content (AvgIpc) is 3.23. The van der Waals surface area contributed by atoms with E-state index in [-0.39, 0.29) is 11.6 Å². The molecule has 0 saturated carbocycles. The van der Waals surface area contributed by atoms with Crippen LogP contribution >= 0.6 is 11.6 Å². The van der Waals surface area contributed by atoms with Gasteiger partial charge in [-0.1, -0.05) is 30.7 Å². The number of hydrogen-bond donors (Lipinski definition) is 1. The molecule has 0 saturated heterocycles. The first-order valence-electron chi connectivity index (χ1n) is 9.30. The highest BCUT2D eigenvalue weighted by molar-refractivity contribution is 6.30. The molecule has 0 unspecified atom stereocenters. The van der Waals surface area contributed by atoms with Crippen LogP contribution in [0, 0.1) is 0 Å². The molecule has 4 rings (SSSR count). The summed E-state index contributed by atoms with van der Waals surface area (Å²) >= 11 is 6.05. The van der Waals surface area contributed by atoms with Crippen LogP contribution in [0.2, 0.25) is 5.02 Å². The van der Waals surface area contributed by atoms with Gasteiger partial charge in [-0.3, -0.25) is 9.36 Å². The van der Waals surface area contributed by atoms with Crippen LogP contribution in [0.1, 0.15) is 31.0 Å². The second kappa shape index (κ2) is 8.00. The Morgan fingerprint density at radius 1 is 1.11 bits per heavy atom. The van der Waals surface area contributed by atoms with Crippen molar-refractivity contribution < 1.29 is 9.73 Å². The lowest BCUT2D eigenvalue weighted by Gasteiger charge is -2.19. The fourth-order valence-corrected chi connectivity index (χ4v) is 3.51. The second-order valence-electron chi connectivity index (χ2n) is 6.64. The van der Waals surface area contributed by atoms with Gasteiger partial charge in [0.2, 0.25) is 0 Å². The molecule has 0 radical (unpaired) electrons. The standard InChI is InChI=1S/C22H20ClN3O2/c1-2-19(24-14-17-6-5-13-28-17)21-25-20-8-4-3-7-18(20)22(27)26(21)16-11-9-15(23)10-12-16/h3-13,19,24H,2,14H2,1H3/p+1/t19-/m1/s1. The van der Waals surface area contributed by atoms with Gasteiger partial charge in [0.05, 0.1) is 22.9 Å². The molecule has 2 heterocycles. The van der Waals surface area contributed by atoms with E-state index in [4.69, 9.17) is 21.0 Å². The van der Waals surface area contributed by atoms with E-state index >= 15 is 0 Å². The number of para-hydroxylation sites is 1. The molecule has 4 aromatic rings. The van der Waals surface area contributed by atoms with Crippen molar-refractivity contribution in [2.45, 2.75) is 25.9 Å². The zero-order valence-corrected chi connectivity index (χ0v) is 16.3. The summed E-state index contributed by atoms with van der Waals surface area (Å²) in [7, 11) is 0. The highest BCUT2D eigenvalue weighted by atomic mass is 35.5. The topological polar surface area (TPSA) is 64.6 Å². The van der Waals surface area contributed by atoms with Crippen molar-refractivity contribution in [2.75, 3.05) is 0 Å². The van der Waals surface area contributed by atoms with Crippen LogP contribution in [-0.2, 0) is 6.54 Å². The predicted octanol–water partition coefficient (Wildman–Crippen LogP) is 3.85. The van der Waals surface area contributed by atoms with Crippen LogP contribution in [0.5, 0.6) is 0 Å². The van der Waals surface area contributed by atoms with E-state index in [0.29, 0.717) is 22.5 Å². The van der Waals surface area contributed by atoms with Crippen molar-refractivity contribution in [1.82, 2.24) is 9.55 Å². The molecule has 2 N–H and O–H groups in total. The number of halogens is 1. The number of rotatable bonds is 6. The molecule has 142 valence electrons. The largest absolute Gasteiger partial charge is 0.463 e. The minimum Gasteiger partial charge on any atom is -0.463 e. The number of nitrogens with zero attached hydrogens (tertiary/aromatic N) is 2. The molecule has 0 aliphatic carbocycles. The monoisotopic (exact) mass is 394 g/mol. The molecule has 0 aliphatic rings. The molecule has 28 heavy (non-hydrogen) atoms. The van der Waals surface area contributed by atoms with Crippen LogP contribution in [0.4, 0.5) is 0 Å². The summed E-state index contributed by atoms with van der Waals surface area (Å²) in [5, 5.41) is 3.38. The minimum atomic E-state index is -0.0761. The van der Waals surface area contributed by atoms with Crippen LogP contribution < -0.4 is 10.9 Å². The molecule has 6 heteroatoms. The van der Waals surface area contributed by atoms with E-state index in [1.54, 1.807) is 23.0 Å². The van der Waals surface area contributed by atoms with E-state index in [9.17, 15) is 4.79 Å². The highest BCUT2D eigenvalue weighted by Crippen LogP contribution is 2.19. The van der Waals surface area contributed by atoms with E-state index in [1.807, 2.05) is 48.5 Å². The molecule has 1 atom stereocenters. The Labute approximate surface area is 167 Å². The van der Waals surface area contributed by atoms with Crippen LogP contribution in [-0.4, -0.2) is 9.55 Å². The molecule has 2 aromatic heterocycles. The summed E-state index contributed by atoms with van der Waals surface area (Å²) in [6.45, 7) is 2.77. The Hall–Kier alpha value is -2.89. The Morgan fingerprint density at radius 3 is 2.61 bits per heavy atom. The minimum absolute atomic E-state index is 0.00177. The first-order valence-corrected chi connectivity index (χ1v) is 9.68. The lowest BCUT2D eigenvalue weighted by Crippen LogP contribution is -2.84. The van der Waals surface area contributed by atoms with Gasteiger partial charge in [0, 0.05) is 11.4 Å². The first kappa shape index (κ1) is 18.5. The van der Waals surface area contributed by atoms with Crippen LogP contribution in [0.3, 0.4) is 0 Å². The SMILES string of the molecule is CC[C@@H]([NH2+]Cc1ccco1)c1nc2ccccc2c(=O)n1-c1ccc(Cl)cc1. The summed E-state index contributed by atoms with van der Waals surface area (Å²) in [6.07, 6.45) is 2.49. The fourth-order valence-electron chi connectivity index (χ4n) is 3.38. The number of benzene rings is 2. The van der Waals surface area contributed by atoms with Crippen LogP contribution in [0.25, 0.3) is 16.6 Å². The summed E-state index contributed by atoms with van der Waals surface area (Å²) in [5.41, 5.74) is 1.39. The Kier molecular flexibility index (Phi) is 5.28. The number of furan rings is 1. The Morgan fingerprint density at radius 2 is 1.89 bits per heavy atom. The maximum Gasteiger partial charge on any atom is 0.266 e. The third kappa shape index (κ3) is 3.59. The normalized spacial score (nSPS) is 12.4. The lowest BCUT2D eigenvalue weighted by molar-refractivity contribution is -0.714. The van der Waals surface area contributed by atoms with Crippen molar-refractivity contribution in [3.8, 4) is 5.69 Å². The van der Waals surface area contributed by atoms with Gasteiger partial charge in [0.1, 0.15) is 12.6 Å². The number of nitrogens with two attached hydrogens (primary N) is 1. The van der Waals surface area contributed by atoms with Gasteiger partial charge in [0.15, 0.2) is 11.6 Å². The lowest BCUT2D eigenvalue weighted by atomic mass is 10.1. The first-order chi connectivity index (χ1) is 13.7. The molecule has 0 amide bonds. The zero-order valence-electron chi connectivity index (χ0n) is 15.5. The molecule has 2 aromatic carbocycles. The van der Waals surface area contributed by atoms with E-state index < -0.39 is 0 Å².